The van der Waals surface area contributed by atoms with Crippen LogP contribution in [0.3, 0.4) is 0 Å². The molecule has 3 nitrogen and oxygen atoms in total. The van der Waals surface area contributed by atoms with Crippen LogP contribution < -0.4 is 5.48 Å². The Morgan fingerprint density at radius 1 is 1.45 bits per heavy atom. The van der Waals surface area contributed by atoms with E-state index in [0.29, 0.717) is 12.0 Å². The molecule has 0 radical (unpaired) electrons. The van der Waals surface area contributed by atoms with E-state index in [2.05, 4.69) is 0 Å². The van der Waals surface area contributed by atoms with Crippen LogP contribution in [0.5, 0.6) is 0 Å². The van der Waals surface area contributed by atoms with E-state index in [1.54, 1.807) is 17.6 Å². The van der Waals surface area contributed by atoms with E-state index < -0.39 is 5.91 Å². The third-order valence-corrected chi connectivity index (χ3v) is 1.39. The molecule has 0 atom stereocenters. The van der Waals surface area contributed by atoms with E-state index in [4.69, 9.17) is 5.21 Å². The summed E-state index contributed by atoms with van der Waals surface area (Å²) in [5.74, 6) is -0.443. The van der Waals surface area contributed by atoms with Gasteiger partial charge in [-0.3, -0.25) is 10.0 Å². The second kappa shape index (κ2) is 3.73. The number of amides is 1. The third kappa shape index (κ3) is 2.05. The van der Waals surface area contributed by atoms with Crippen LogP contribution in [0.1, 0.15) is 6.42 Å². The Morgan fingerprint density at radius 3 is 3.00 bits per heavy atom. The summed E-state index contributed by atoms with van der Waals surface area (Å²) < 4.78 is 0. The average molecular weight is 151 g/mol. The van der Waals surface area contributed by atoms with Gasteiger partial charge in [-0.05, 0) is 6.42 Å². The van der Waals surface area contributed by atoms with Crippen LogP contribution in [-0.2, 0) is 4.79 Å². The summed E-state index contributed by atoms with van der Waals surface area (Å²) in [4.78, 5) is 10.8. The van der Waals surface area contributed by atoms with Gasteiger partial charge in [-0.15, -0.1) is 0 Å². The van der Waals surface area contributed by atoms with Crippen molar-refractivity contribution in [2.45, 2.75) is 6.42 Å². The van der Waals surface area contributed by atoms with E-state index >= 15 is 0 Å². The Labute approximate surface area is 64.7 Å². The van der Waals surface area contributed by atoms with Gasteiger partial charge < -0.3 is 0 Å². The Balaban J connectivity index is 2.72. The number of nitrogens with one attached hydrogen (secondary N) is 1. The lowest BCUT2D eigenvalue weighted by atomic mass is 10.2. The summed E-state index contributed by atoms with van der Waals surface area (Å²) in [6.45, 7) is 0. The molecule has 0 fully saturated rings. The van der Waals surface area contributed by atoms with E-state index in [0.717, 1.165) is 0 Å². The van der Waals surface area contributed by atoms with Crippen LogP contribution in [-0.4, -0.2) is 11.1 Å². The molecule has 0 spiro atoms. The van der Waals surface area contributed by atoms with Gasteiger partial charge in [0.1, 0.15) is 0 Å². The minimum atomic E-state index is -0.443. The van der Waals surface area contributed by atoms with Gasteiger partial charge >= 0.3 is 0 Å². The Kier molecular flexibility index (Phi) is 2.63. The van der Waals surface area contributed by atoms with Crippen LogP contribution in [0, 0.1) is 0 Å². The van der Waals surface area contributed by atoms with Crippen molar-refractivity contribution in [1.29, 1.82) is 0 Å². The lowest BCUT2D eigenvalue weighted by molar-refractivity contribution is -0.125. The summed E-state index contributed by atoms with van der Waals surface area (Å²) in [5.41, 5.74) is 2.14. The van der Waals surface area contributed by atoms with Crippen LogP contribution in [0.4, 0.5) is 0 Å². The Morgan fingerprint density at radius 2 is 2.27 bits per heavy atom. The molecule has 0 aliphatic heterocycles. The maximum absolute atomic E-state index is 10.8. The van der Waals surface area contributed by atoms with Gasteiger partial charge in [0.25, 0.3) is 5.91 Å². The maximum Gasteiger partial charge on any atom is 0.270 e. The number of hydrogen-bond acceptors (Lipinski definition) is 2. The zero-order valence-corrected chi connectivity index (χ0v) is 5.95. The molecule has 0 bridgehead atoms. The molecule has 0 aromatic rings. The van der Waals surface area contributed by atoms with Crippen molar-refractivity contribution < 1.29 is 10.0 Å². The highest BCUT2D eigenvalue weighted by molar-refractivity contribution is 5.93. The highest BCUT2D eigenvalue weighted by Crippen LogP contribution is 2.06. The SMILES string of the molecule is O=C(NO)C1=CC=CC=CC1. The molecule has 2 N–H and O–H groups in total. The molecule has 0 unspecified atom stereocenters. The van der Waals surface area contributed by atoms with Gasteiger partial charge in [-0.1, -0.05) is 30.4 Å². The minimum absolute atomic E-state index is 0.443. The highest BCUT2D eigenvalue weighted by Gasteiger charge is 2.04. The first-order valence-electron chi connectivity index (χ1n) is 3.31. The largest absolute Gasteiger partial charge is 0.288 e. The molecule has 0 saturated heterocycles. The number of carbonyl (C=O) groups is 1. The van der Waals surface area contributed by atoms with Gasteiger partial charge in [0, 0.05) is 5.57 Å². The van der Waals surface area contributed by atoms with Crippen molar-refractivity contribution in [1.82, 2.24) is 5.48 Å². The highest BCUT2D eigenvalue weighted by atomic mass is 16.5. The quantitative estimate of drug-likeness (QED) is 0.432. The first kappa shape index (κ1) is 7.75. The number of hydrogen-bond donors (Lipinski definition) is 2. The molecule has 0 heterocycles. The molecule has 1 amide bonds. The van der Waals surface area contributed by atoms with Gasteiger partial charge in [0.05, 0.1) is 0 Å². The van der Waals surface area contributed by atoms with Crippen molar-refractivity contribution >= 4 is 5.91 Å². The molecular formula is C8H9NO2. The van der Waals surface area contributed by atoms with E-state index in [-0.39, 0.29) is 0 Å². The first-order valence-corrected chi connectivity index (χ1v) is 3.31. The van der Waals surface area contributed by atoms with Gasteiger partial charge in [-0.2, -0.15) is 0 Å². The number of rotatable bonds is 1. The van der Waals surface area contributed by atoms with Gasteiger partial charge in [0.2, 0.25) is 0 Å². The van der Waals surface area contributed by atoms with Crippen molar-refractivity contribution in [2.75, 3.05) is 0 Å². The lowest BCUT2D eigenvalue weighted by Crippen LogP contribution is -2.20. The van der Waals surface area contributed by atoms with Crippen molar-refractivity contribution in [3.05, 3.63) is 36.0 Å². The zero-order chi connectivity index (χ0) is 8.10. The van der Waals surface area contributed by atoms with E-state index in [1.165, 1.54) is 0 Å². The monoisotopic (exact) mass is 151 g/mol. The summed E-state index contributed by atoms with van der Waals surface area (Å²) in [6.07, 6.45) is 9.52. The second-order valence-corrected chi connectivity index (χ2v) is 2.15. The molecule has 0 aromatic carbocycles. The molecule has 1 aliphatic rings. The minimum Gasteiger partial charge on any atom is -0.288 e. The van der Waals surface area contributed by atoms with Crippen LogP contribution >= 0.6 is 0 Å². The molecule has 11 heavy (non-hydrogen) atoms. The summed E-state index contributed by atoms with van der Waals surface area (Å²) in [6, 6.07) is 0. The first-order chi connectivity index (χ1) is 5.34. The summed E-state index contributed by atoms with van der Waals surface area (Å²) in [7, 11) is 0. The van der Waals surface area contributed by atoms with Crippen molar-refractivity contribution in [2.24, 2.45) is 0 Å². The van der Waals surface area contributed by atoms with Crippen LogP contribution in [0.2, 0.25) is 0 Å². The third-order valence-electron chi connectivity index (χ3n) is 1.39. The molecular weight excluding hydrogens is 142 g/mol. The standard InChI is InChI=1S/C8H9NO2/c10-8(9-11)7-5-3-1-2-4-6-7/h1-5,11H,6H2,(H,9,10). The fourth-order valence-electron chi connectivity index (χ4n) is 0.818. The van der Waals surface area contributed by atoms with Crippen molar-refractivity contribution in [3.63, 3.8) is 0 Å². The number of carbonyl (C=O) groups excluding carboxylic acids is 1. The van der Waals surface area contributed by atoms with Crippen molar-refractivity contribution in [3.8, 4) is 0 Å². The normalized spacial score (nSPS) is 15.5. The molecule has 1 aliphatic carbocycles. The van der Waals surface area contributed by atoms with E-state index in [1.807, 2.05) is 18.2 Å². The fourth-order valence-corrected chi connectivity index (χ4v) is 0.818. The predicted octanol–water partition coefficient (Wildman–Crippen LogP) is 0.934. The molecule has 1 rings (SSSR count). The lowest BCUT2D eigenvalue weighted by Gasteiger charge is -1.98. The van der Waals surface area contributed by atoms with Crippen LogP contribution in [0.15, 0.2) is 36.0 Å². The Bertz CT molecular complexity index is 238. The number of allylic oxidation sites excluding steroid dienone is 5. The average Bonchev–Trinajstić information content (AvgIpc) is 2.30. The molecule has 0 aromatic heterocycles. The summed E-state index contributed by atoms with van der Waals surface area (Å²) in [5, 5.41) is 8.29. The van der Waals surface area contributed by atoms with Crippen LogP contribution in [0.25, 0.3) is 0 Å². The number of hydroxylamine groups is 1. The maximum atomic E-state index is 10.8. The van der Waals surface area contributed by atoms with Gasteiger partial charge in [-0.25, -0.2) is 5.48 Å². The molecule has 3 heteroatoms. The fraction of sp³-hybridized carbons (Fsp3) is 0.125. The zero-order valence-electron chi connectivity index (χ0n) is 5.95. The van der Waals surface area contributed by atoms with Gasteiger partial charge in [0.15, 0.2) is 0 Å². The molecule has 58 valence electrons. The summed E-state index contributed by atoms with van der Waals surface area (Å²) >= 11 is 0. The topological polar surface area (TPSA) is 49.3 Å². The predicted molar refractivity (Wildman–Crippen MR) is 40.9 cm³/mol. The smallest absolute Gasteiger partial charge is 0.270 e. The second-order valence-electron chi connectivity index (χ2n) is 2.15. The molecule has 0 saturated carbocycles. The Hall–Kier alpha value is -1.35. The van der Waals surface area contributed by atoms with E-state index in [9.17, 15) is 4.79 Å².